The van der Waals surface area contributed by atoms with Gasteiger partial charge in [-0.05, 0) is 46.2 Å². The van der Waals surface area contributed by atoms with Crippen LogP contribution in [0.15, 0.2) is 23.2 Å². The Balaban J connectivity index is 0.00000420. The van der Waals surface area contributed by atoms with E-state index in [0.717, 1.165) is 41.1 Å². The maximum Gasteiger partial charge on any atom is 0.191 e. The standard InChI is InChI=1S/C21H32N4O2S.HI/c1-6-22-21(24-14-20-16(4)25-17(5)28-20)23-13-18-9-8-15(3)12-19(18)27-11-10-26-7-2;/h8-9,12H,6-7,10-11,13-14H2,1-5H3,(H2,22,23,24);1H. The Labute approximate surface area is 195 Å². The lowest BCUT2D eigenvalue weighted by Crippen LogP contribution is -2.36. The molecular weight excluding hydrogens is 499 g/mol. The van der Waals surface area contributed by atoms with Crippen LogP contribution in [0.3, 0.4) is 0 Å². The number of hydrogen-bond acceptors (Lipinski definition) is 5. The predicted octanol–water partition coefficient (Wildman–Crippen LogP) is 4.36. The van der Waals surface area contributed by atoms with Crippen LogP contribution in [-0.2, 0) is 17.8 Å². The van der Waals surface area contributed by atoms with Gasteiger partial charge in [0.2, 0.25) is 0 Å². The Kier molecular flexibility index (Phi) is 12.2. The number of halogens is 1. The third-order valence-corrected chi connectivity index (χ3v) is 5.15. The van der Waals surface area contributed by atoms with Gasteiger partial charge in [-0.1, -0.05) is 12.1 Å². The van der Waals surface area contributed by atoms with E-state index in [9.17, 15) is 0 Å². The molecule has 0 aliphatic carbocycles. The van der Waals surface area contributed by atoms with Crippen LogP contribution in [0, 0.1) is 20.8 Å². The van der Waals surface area contributed by atoms with Gasteiger partial charge in [0, 0.05) is 23.6 Å². The fraction of sp³-hybridized carbons (Fsp3) is 0.524. The minimum atomic E-state index is 0. The zero-order valence-electron chi connectivity index (χ0n) is 18.0. The first-order chi connectivity index (χ1) is 13.5. The highest BCUT2D eigenvalue weighted by molar-refractivity contribution is 14.0. The first-order valence-electron chi connectivity index (χ1n) is 9.78. The van der Waals surface area contributed by atoms with Crippen LogP contribution in [0.4, 0.5) is 0 Å². The second-order valence-electron chi connectivity index (χ2n) is 6.45. The first kappa shape index (κ1) is 25.6. The van der Waals surface area contributed by atoms with Crippen LogP contribution in [0.25, 0.3) is 0 Å². The minimum Gasteiger partial charge on any atom is -0.491 e. The van der Waals surface area contributed by atoms with Gasteiger partial charge >= 0.3 is 0 Å². The fourth-order valence-corrected chi connectivity index (χ4v) is 3.57. The highest BCUT2D eigenvalue weighted by Crippen LogP contribution is 2.21. The lowest BCUT2D eigenvalue weighted by atomic mass is 10.1. The smallest absolute Gasteiger partial charge is 0.191 e. The van der Waals surface area contributed by atoms with Crippen molar-refractivity contribution in [3.8, 4) is 5.75 Å². The SMILES string of the molecule is CCNC(=NCc1ccc(C)cc1OCCOCC)NCc1sc(C)nc1C.I. The number of aromatic nitrogens is 1. The van der Waals surface area contributed by atoms with Gasteiger partial charge < -0.3 is 20.1 Å². The van der Waals surface area contributed by atoms with E-state index in [4.69, 9.17) is 14.5 Å². The average Bonchev–Trinajstić information content (AvgIpc) is 2.99. The van der Waals surface area contributed by atoms with Gasteiger partial charge in [-0.2, -0.15) is 0 Å². The number of thiazole rings is 1. The summed E-state index contributed by atoms with van der Waals surface area (Å²) in [4.78, 5) is 10.5. The number of guanidine groups is 1. The fourth-order valence-electron chi connectivity index (χ4n) is 2.69. The van der Waals surface area contributed by atoms with Gasteiger partial charge in [0.1, 0.15) is 12.4 Å². The molecule has 1 heterocycles. The van der Waals surface area contributed by atoms with E-state index in [1.54, 1.807) is 11.3 Å². The molecule has 0 fully saturated rings. The van der Waals surface area contributed by atoms with E-state index in [-0.39, 0.29) is 24.0 Å². The van der Waals surface area contributed by atoms with Crippen molar-refractivity contribution in [3.05, 3.63) is 44.9 Å². The van der Waals surface area contributed by atoms with Gasteiger partial charge in [0.15, 0.2) is 5.96 Å². The number of hydrogen-bond donors (Lipinski definition) is 2. The molecule has 0 bridgehead atoms. The normalized spacial score (nSPS) is 11.1. The summed E-state index contributed by atoms with van der Waals surface area (Å²) in [5, 5.41) is 7.79. The summed E-state index contributed by atoms with van der Waals surface area (Å²) in [7, 11) is 0. The summed E-state index contributed by atoms with van der Waals surface area (Å²) in [6, 6.07) is 6.22. The molecule has 1 aromatic heterocycles. The molecule has 0 saturated heterocycles. The average molecular weight is 532 g/mol. The lowest BCUT2D eigenvalue weighted by molar-refractivity contribution is 0.110. The number of ether oxygens (including phenoxy) is 2. The van der Waals surface area contributed by atoms with E-state index in [2.05, 4.69) is 47.7 Å². The molecule has 1 aromatic carbocycles. The molecule has 162 valence electrons. The number of nitrogens with zero attached hydrogens (tertiary/aromatic N) is 2. The zero-order chi connectivity index (χ0) is 20.4. The van der Waals surface area contributed by atoms with Crippen molar-refractivity contribution in [2.24, 2.45) is 4.99 Å². The number of aliphatic imine (C=N–C) groups is 1. The molecule has 0 aliphatic heterocycles. The van der Waals surface area contributed by atoms with E-state index in [0.29, 0.717) is 26.4 Å². The summed E-state index contributed by atoms with van der Waals surface area (Å²) in [6.07, 6.45) is 0. The number of nitrogens with one attached hydrogen (secondary N) is 2. The topological polar surface area (TPSA) is 67.8 Å². The van der Waals surface area contributed by atoms with Crippen LogP contribution in [-0.4, -0.2) is 37.3 Å². The third-order valence-electron chi connectivity index (χ3n) is 4.08. The van der Waals surface area contributed by atoms with Crippen molar-refractivity contribution >= 4 is 41.3 Å². The third kappa shape index (κ3) is 8.88. The largest absolute Gasteiger partial charge is 0.491 e. The molecule has 0 aliphatic rings. The van der Waals surface area contributed by atoms with Crippen LogP contribution >= 0.6 is 35.3 Å². The Morgan fingerprint density at radius 2 is 1.93 bits per heavy atom. The van der Waals surface area contributed by atoms with Crippen LogP contribution < -0.4 is 15.4 Å². The molecule has 6 nitrogen and oxygen atoms in total. The quantitative estimate of drug-likeness (QED) is 0.206. The lowest BCUT2D eigenvalue weighted by Gasteiger charge is -2.13. The minimum absolute atomic E-state index is 0. The van der Waals surface area contributed by atoms with Gasteiger partial charge in [0.05, 0.1) is 30.4 Å². The summed E-state index contributed by atoms with van der Waals surface area (Å²) < 4.78 is 11.3. The van der Waals surface area contributed by atoms with E-state index < -0.39 is 0 Å². The molecule has 0 atom stereocenters. The van der Waals surface area contributed by atoms with Crippen molar-refractivity contribution < 1.29 is 9.47 Å². The predicted molar refractivity (Wildman–Crippen MR) is 132 cm³/mol. The van der Waals surface area contributed by atoms with Crippen molar-refractivity contribution in [1.82, 2.24) is 15.6 Å². The second kappa shape index (κ2) is 13.8. The maximum absolute atomic E-state index is 5.92. The molecular formula is C21H33IN4O2S. The van der Waals surface area contributed by atoms with Crippen LogP contribution in [0.1, 0.15) is 40.6 Å². The monoisotopic (exact) mass is 532 g/mol. The number of rotatable bonds is 10. The van der Waals surface area contributed by atoms with Gasteiger partial charge in [-0.3, -0.25) is 0 Å². The molecule has 0 amide bonds. The summed E-state index contributed by atoms with van der Waals surface area (Å²) in [5.41, 5.74) is 3.30. The second-order valence-corrected chi connectivity index (χ2v) is 7.73. The van der Waals surface area contributed by atoms with Gasteiger partial charge in [-0.15, -0.1) is 35.3 Å². The number of aryl methyl sites for hydroxylation is 3. The zero-order valence-corrected chi connectivity index (χ0v) is 21.1. The van der Waals surface area contributed by atoms with E-state index in [1.807, 2.05) is 20.8 Å². The maximum atomic E-state index is 5.92. The highest BCUT2D eigenvalue weighted by Gasteiger charge is 2.08. The molecule has 0 spiro atoms. The van der Waals surface area contributed by atoms with E-state index >= 15 is 0 Å². The molecule has 2 N–H and O–H groups in total. The Bertz CT molecular complexity index is 780. The summed E-state index contributed by atoms with van der Waals surface area (Å²) in [6.45, 7) is 14.1. The van der Waals surface area contributed by atoms with Crippen molar-refractivity contribution in [1.29, 1.82) is 0 Å². The highest BCUT2D eigenvalue weighted by atomic mass is 127. The van der Waals surface area contributed by atoms with Crippen LogP contribution in [0.5, 0.6) is 5.75 Å². The van der Waals surface area contributed by atoms with E-state index in [1.165, 1.54) is 10.4 Å². The first-order valence-corrected chi connectivity index (χ1v) is 10.6. The van der Waals surface area contributed by atoms with Crippen molar-refractivity contribution in [2.75, 3.05) is 26.4 Å². The molecule has 0 radical (unpaired) electrons. The molecule has 29 heavy (non-hydrogen) atoms. The van der Waals surface area contributed by atoms with Gasteiger partial charge in [-0.25, -0.2) is 9.98 Å². The molecule has 0 saturated carbocycles. The molecule has 2 aromatic rings. The Hall–Kier alpha value is -1.39. The molecule has 0 unspecified atom stereocenters. The van der Waals surface area contributed by atoms with Crippen molar-refractivity contribution in [2.45, 2.75) is 47.7 Å². The van der Waals surface area contributed by atoms with Crippen molar-refractivity contribution in [3.63, 3.8) is 0 Å². The Morgan fingerprint density at radius 3 is 2.59 bits per heavy atom. The summed E-state index contributed by atoms with van der Waals surface area (Å²) >= 11 is 1.72. The molecule has 2 rings (SSSR count). The Morgan fingerprint density at radius 1 is 1.14 bits per heavy atom. The summed E-state index contributed by atoms with van der Waals surface area (Å²) in [5.74, 6) is 1.65. The molecule has 8 heteroatoms. The van der Waals surface area contributed by atoms with Crippen LogP contribution in [0.2, 0.25) is 0 Å². The number of benzene rings is 1. The van der Waals surface area contributed by atoms with Gasteiger partial charge in [0.25, 0.3) is 0 Å².